The fourth-order valence-corrected chi connectivity index (χ4v) is 3.84. The predicted molar refractivity (Wildman–Crippen MR) is 114 cm³/mol. The number of rotatable bonds is 3. The summed E-state index contributed by atoms with van der Waals surface area (Å²) >= 11 is 0. The molecule has 2 aliphatic heterocycles. The van der Waals surface area contributed by atoms with Gasteiger partial charge in [-0.25, -0.2) is 4.79 Å². The molecule has 0 spiro atoms. The van der Waals surface area contributed by atoms with Gasteiger partial charge in [-0.15, -0.1) is 0 Å². The second-order valence-electron chi connectivity index (χ2n) is 8.80. The third-order valence-corrected chi connectivity index (χ3v) is 5.39. The lowest BCUT2D eigenvalue weighted by Crippen LogP contribution is -2.49. The Morgan fingerprint density at radius 1 is 1.11 bits per heavy atom. The minimum Gasteiger partial charge on any atom is -0.444 e. The van der Waals surface area contributed by atoms with Gasteiger partial charge >= 0.3 is 6.09 Å². The van der Waals surface area contributed by atoms with Crippen molar-refractivity contribution >= 4 is 17.5 Å². The summed E-state index contributed by atoms with van der Waals surface area (Å²) < 4.78 is 5.49. The second-order valence-corrected chi connectivity index (χ2v) is 8.80. The summed E-state index contributed by atoms with van der Waals surface area (Å²) in [6.45, 7) is 15.9. The van der Waals surface area contributed by atoms with Gasteiger partial charge in [-0.1, -0.05) is 0 Å². The van der Waals surface area contributed by atoms with Crippen molar-refractivity contribution in [2.24, 2.45) is 0 Å². The maximum atomic E-state index is 12.3. The largest absolute Gasteiger partial charge is 0.444 e. The lowest BCUT2D eigenvalue weighted by molar-refractivity contribution is 0.0139. The van der Waals surface area contributed by atoms with Crippen LogP contribution in [0.2, 0.25) is 0 Å². The topological polar surface area (TPSA) is 74.1 Å². The van der Waals surface area contributed by atoms with Crippen LogP contribution >= 0.6 is 0 Å². The van der Waals surface area contributed by atoms with Gasteiger partial charge in [0, 0.05) is 70.3 Å². The molecule has 7 heteroatoms. The zero-order valence-electron chi connectivity index (χ0n) is 17.8. The molecule has 2 saturated heterocycles. The molecule has 2 aliphatic rings. The number of nitrogen functional groups attached to an aromatic ring is 1. The molecule has 0 bridgehead atoms. The molecule has 2 heterocycles. The number of hydrogen-bond acceptors (Lipinski definition) is 6. The number of benzene rings is 1. The van der Waals surface area contributed by atoms with Gasteiger partial charge in [0.1, 0.15) is 5.60 Å². The van der Waals surface area contributed by atoms with E-state index in [-0.39, 0.29) is 6.09 Å². The van der Waals surface area contributed by atoms with Gasteiger partial charge < -0.3 is 25.6 Å². The van der Waals surface area contributed by atoms with E-state index in [1.54, 1.807) is 4.90 Å². The minimum atomic E-state index is -0.451. The lowest BCUT2D eigenvalue weighted by Gasteiger charge is -2.36. The molecule has 0 saturated carbocycles. The van der Waals surface area contributed by atoms with Crippen LogP contribution in [0.1, 0.15) is 31.9 Å². The van der Waals surface area contributed by atoms with Crippen molar-refractivity contribution < 1.29 is 9.53 Å². The maximum absolute atomic E-state index is 12.3. The van der Waals surface area contributed by atoms with Gasteiger partial charge in [0.2, 0.25) is 0 Å². The Labute approximate surface area is 168 Å². The number of hydrogen-bond donors (Lipinski definition) is 2. The van der Waals surface area contributed by atoms with Crippen LogP contribution < -0.4 is 16.0 Å². The molecule has 1 aromatic rings. The molecule has 7 nitrogen and oxygen atoms in total. The molecular weight excluding hydrogens is 354 g/mol. The van der Waals surface area contributed by atoms with Gasteiger partial charge in [-0.2, -0.15) is 0 Å². The third kappa shape index (κ3) is 5.29. The Hall–Kier alpha value is -1.99. The summed E-state index contributed by atoms with van der Waals surface area (Å²) in [7, 11) is 0. The van der Waals surface area contributed by atoms with Gasteiger partial charge in [0.15, 0.2) is 0 Å². The Morgan fingerprint density at radius 2 is 1.75 bits per heavy atom. The van der Waals surface area contributed by atoms with Crippen molar-refractivity contribution in [2.75, 3.05) is 63.0 Å². The van der Waals surface area contributed by atoms with E-state index in [0.717, 1.165) is 51.5 Å². The average molecular weight is 390 g/mol. The first-order chi connectivity index (χ1) is 13.2. The van der Waals surface area contributed by atoms with Crippen LogP contribution in [0.25, 0.3) is 0 Å². The van der Waals surface area contributed by atoms with E-state index in [2.05, 4.69) is 34.2 Å². The number of nitrogens with two attached hydrogens (primary N) is 1. The highest BCUT2D eigenvalue weighted by Gasteiger charge is 2.26. The van der Waals surface area contributed by atoms with Crippen molar-refractivity contribution in [2.45, 2.75) is 39.8 Å². The van der Waals surface area contributed by atoms with Crippen LogP contribution in [0.4, 0.5) is 16.2 Å². The monoisotopic (exact) mass is 389 g/mol. The molecule has 0 aromatic heterocycles. The number of carbonyl (C=O) groups is 1. The molecule has 28 heavy (non-hydrogen) atoms. The van der Waals surface area contributed by atoms with E-state index in [1.807, 2.05) is 20.8 Å². The van der Waals surface area contributed by atoms with Crippen molar-refractivity contribution in [3.8, 4) is 0 Å². The molecule has 3 N–H and O–H groups in total. The Morgan fingerprint density at radius 3 is 2.36 bits per heavy atom. The van der Waals surface area contributed by atoms with Crippen LogP contribution in [-0.2, 0) is 11.3 Å². The highest BCUT2D eigenvalue weighted by atomic mass is 16.6. The van der Waals surface area contributed by atoms with Crippen molar-refractivity contribution in [3.63, 3.8) is 0 Å². The van der Waals surface area contributed by atoms with Crippen molar-refractivity contribution in [3.05, 3.63) is 23.3 Å². The average Bonchev–Trinajstić information content (AvgIpc) is 2.64. The quantitative estimate of drug-likeness (QED) is 0.771. The van der Waals surface area contributed by atoms with E-state index >= 15 is 0 Å². The molecule has 0 atom stereocenters. The summed E-state index contributed by atoms with van der Waals surface area (Å²) in [6, 6.07) is 4.20. The number of ether oxygens (including phenoxy) is 1. The van der Waals surface area contributed by atoms with Gasteiger partial charge in [0.05, 0.1) is 0 Å². The third-order valence-electron chi connectivity index (χ3n) is 5.39. The van der Waals surface area contributed by atoms with E-state index in [0.29, 0.717) is 13.1 Å². The van der Waals surface area contributed by atoms with Gasteiger partial charge in [-0.05, 0) is 51.0 Å². The second kappa shape index (κ2) is 8.57. The number of nitrogens with zero attached hydrogens (tertiary/aromatic N) is 3. The summed E-state index contributed by atoms with van der Waals surface area (Å²) in [5, 5.41) is 3.40. The Kier molecular flexibility index (Phi) is 6.35. The smallest absolute Gasteiger partial charge is 0.410 e. The molecule has 0 unspecified atom stereocenters. The first kappa shape index (κ1) is 20.7. The number of anilines is 2. The fraction of sp³-hybridized carbons (Fsp3) is 0.667. The SMILES string of the molecule is Cc1c(CN2CCN(C(=O)OC(C)(C)C)CC2)cc(N)cc1N1CCNCC1. The molecule has 1 aromatic carbocycles. The normalized spacial score (nSPS) is 19.0. The zero-order valence-corrected chi connectivity index (χ0v) is 17.8. The van der Waals surface area contributed by atoms with E-state index in [4.69, 9.17) is 10.5 Å². The summed E-state index contributed by atoms with van der Waals surface area (Å²) in [5.41, 5.74) is 10.4. The van der Waals surface area contributed by atoms with Gasteiger partial charge in [0.25, 0.3) is 0 Å². The first-order valence-electron chi connectivity index (χ1n) is 10.3. The van der Waals surface area contributed by atoms with E-state index in [9.17, 15) is 4.79 Å². The Balaban J connectivity index is 1.62. The van der Waals surface area contributed by atoms with Crippen LogP contribution in [0.15, 0.2) is 12.1 Å². The number of nitrogens with one attached hydrogen (secondary N) is 1. The van der Waals surface area contributed by atoms with Crippen LogP contribution in [-0.4, -0.2) is 73.9 Å². The molecule has 0 aliphatic carbocycles. The Bertz CT molecular complexity index is 687. The first-order valence-corrected chi connectivity index (χ1v) is 10.3. The standard InChI is InChI=1S/C21H35N5O2/c1-16-17(13-18(22)14-19(16)25-7-5-23-6-8-25)15-24-9-11-26(12-10-24)20(27)28-21(2,3)4/h13-14,23H,5-12,15,22H2,1-4H3. The minimum absolute atomic E-state index is 0.215. The van der Waals surface area contributed by atoms with Gasteiger partial charge in [-0.3, -0.25) is 4.90 Å². The van der Waals surface area contributed by atoms with Crippen molar-refractivity contribution in [1.82, 2.24) is 15.1 Å². The lowest BCUT2D eigenvalue weighted by atomic mass is 10.0. The fourth-order valence-electron chi connectivity index (χ4n) is 3.84. The van der Waals surface area contributed by atoms with E-state index < -0.39 is 5.60 Å². The zero-order chi connectivity index (χ0) is 20.3. The molecule has 156 valence electrons. The maximum Gasteiger partial charge on any atom is 0.410 e. The van der Waals surface area contributed by atoms with Crippen LogP contribution in [0.5, 0.6) is 0 Å². The highest BCUT2D eigenvalue weighted by molar-refractivity contribution is 5.68. The molecule has 2 fully saturated rings. The summed E-state index contributed by atoms with van der Waals surface area (Å²) in [6.07, 6.45) is -0.215. The number of carbonyl (C=O) groups excluding carboxylic acids is 1. The van der Waals surface area contributed by atoms with Crippen molar-refractivity contribution in [1.29, 1.82) is 0 Å². The summed E-state index contributed by atoms with van der Waals surface area (Å²) in [4.78, 5) is 18.9. The van der Waals surface area contributed by atoms with E-state index in [1.165, 1.54) is 16.8 Å². The van der Waals surface area contributed by atoms with Crippen LogP contribution in [0.3, 0.4) is 0 Å². The molecular formula is C21H35N5O2. The predicted octanol–water partition coefficient (Wildman–Crippen LogP) is 2.04. The number of amides is 1. The summed E-state index contributed by atoms with van der Waals surface area (Å²) in [5.74, 6) is 0. The molecule has 0 radical (unpaired) electrons. The molecule has 1 amide bonds. The highest BCUT2D eigenvalue weighted by Crippen LogP contribution is 2.28. The molecule has 3 rings (SSSR count). The van der Waals surface area contributed by atoms with Crippen LogP contribution in [0, 0.1) is 6.92 Å². The number of piperazine rings is 2.